The first-order valence-electron chi connectivity index (χ1n) is 14.6. The smallest absolute Gasteiger partial charge is 0.243 e. The molecule has 0 aliphatic carbocycles. The maximum absolute atomic E-state index is 14.0. The predicted molar refractivity (Wildman–Crippen MR) is 171 cm³/mol. The molecular weight excluding hydrogens is 546 g/mol. The minimum Gasteiger partial charge on any atom is -0.352 e. The number of carbonyl (C=O) groups excluding carboxylic acids is 2. The summed E-state index contributed by atoms with van der Waals surface area (Å²) >= 11 is 0. The fourth-order valence-electron chi connectivity index (χ4n) is 4.89. The van der Waals surface area contributed by atoms with Crippen molar-refractivity contribution in [3.8, 4) is 0 Å². The maximum atomic E-state index is 14.0. The Balaban J connectivity index is 1.90. The van der Waals surface area contributed by atoms with Crippen molar-refractivity contribution >= 4 is 27.5 Å². The Morgan fingerprint density at radius 2 is 1.57 bits per heavy atom. The van der Waals surface area contributed by atoms with E-state index in [4.69, 9.17) is 0 Å². The van der Waals surface area contributed by atoms with Gasteiger partial charge >= 0.3 is 0 Å². The van der Waals surface area contributed by atoms with Gasteiger partial charge in [-0.25, -0.2) is 8.42 Å². The monoisotopic (exact) mass is 591 g/mol. The first kappa shape index (κ1) is 32.9. The number of benzene rings is 3. The van der Waals surface area contributed by atoms with E-state index in [9.17, 15) is 18.0 Å². The molecule has 0 fully saturated rings. The highest BCUT2D eigenvalue weighted by atomic mass is 32.2. The van der Waals surface area contributed by atoms with Crippen LogP contribution in [0, 0.1) is 20.8 Å². The Labute approximate surface area is 252 Å². The van der Waals surface area contributed by atoms with Crippen molar-refractivity contribution in [2.24, 2.45) is 0 Å². The molecule has 0 aliphatic rings. The van der Waals surface area contributed by atoms with E-state index in [2.05, 4.69) is 5.32 Å². The van der Waals surface area contributed by atoms with Crippen LogP contribution in [0.15, 0.2) is 72.8 Å². The van der Waals surface area contributed by atoms with Gasteiger partial charge in [0.05, 0.1) is 11.9 Å². The number of sulfonamides is 1. The molecule has 226 valence electrons. The highest BCUT2D eigenvalue weighted by Gasteiger charge is 2.31. The van der Waals surface area contributed by atoms with Gasteiger partial charge < -0.3 is 10.2 Å². The average molecular weight is 592 g/mol. The van der Waals surface area contributed by atoms with E-state index in [-0.39, 0.29) is 37.4 Å². The van der Waals surface area contributed by atoms with Crippen molar-refractivity contribution in [1.29, 1.82) is 0 Å². The summed E-state index contributed by atoms with van der Waals surface area (Å²) in [6.45, 7) is 10.3. The Kier molecular flexibility index (Phi) is 11.7. The topological polar surface area (TPSA) is 86.8 Å². The van der Waals surface area contributed by atoms with Crippen LogP contribution in [0.25, 0.3) is 0 Å². The van der Waals surface area contributed by atoms with E-state index in [0.29, 0.717) is 18.5 Å². The van der Waals surface area contributed by atoms with Crippen molar-refractivity contribution < 1.29 is 18.0 Å². The number of amides is 2. The van der Waals surface area contributed by atoms with Crippen LogP contribution in [0.4, 0.5) is 5.69 Å². The van der Waals surface area contributed by atoms with Crippen LogP contribution < -0.4 is 9.62 Å². The number of nitrogens with zero attached hydrogens (tertiary/aromatic N) is 2. The molecule has 0 unspecified atom stereocenters. The lowest BCUT2D eigenvalue weighted by Gasteiger charge is -2.33. The fourth-order valence-corrected chi connectivity index (χ4v) is 5.84. The second kappa shape index (κ2) is 15.0. The van der Waals surface area contributed by atoms with Crippen LogP contribution in [0.1, 0.15) is 60.9 Å². The largest absolute Gasteiger partial charge is 0.352 e. The van der Waals surface area contributed by atoms with Crippen LogP contribution in [0.3, 0.4) is 0 Å². The molecule has 0 saturated heterocycles. The quantitative estimate of drug-likeness (QED) is 0.260. The lowest BCUT2D eigenvalue weighted by Crippen LogP contribution is -2.52. The molecule has 0 radical (unpaired) electrons. The Bertz CT molecular complexity index is 1460. The molecule has 2 atom stereocenters. The zero-order valence-corrected chi connectivity index (χ0v) is 26.6. The predicted octanol–water partition coefficient (Wildman–Crippen LogP) is 5.71. The van der Waals surface area contributed by atoms with Crippen LogP contribution >= 0.6 is 0 Å². The van der Waals surface area contributed by atoms with Gasteiger partial charge in [-0.1, -0.05) is 73.2 Å². The molecule has 3 aromatic rings. The molecule has 1 N–H and O–H groups in total. The Morgan fingerprint density at radius 1 is 0.881 bits per heavy atom. The minimum absolute atomic E-state index is 0.0343. The van der Waals surface area contributed by atoms with Crippen LogP contribution in [0.5, 0.6) is 0 Å². The van der Waals surface area contributed by atoms with Gasteiger partial charge in [0.15, 0.2) is 0 Å². The van der Waals surface area contributed by atoms with E-state index >= 15 is 0 Å². The van der Waals surface area contributed by atoms with E-state index in [1.54, 1.807) is 11.0 Å². The molecule has 0 spiro atoms. The highest BCUT2D eigenvalue weighted by Crippen LogP contribution is 2.23. The van der Waals surface area contributed by atoms with E-state index in [1.807, 2.05) is 101 Å². The summed E-state index contributed by atoms with van der Waals surface area (Å²) in [5.41, 5.74) is 5.62. The summed E-state index contributed by atoms with van der Waals surface area (Å²) in [5, 5.41) is 3.09. The number of rotatable bonds is 14. The number of hydrogen-bond donors (Lipinski definition) is 1. The number of anilines is 1. The zero-order chi connectivity index (χ0) is 30.9. The summed E-state index contributed by atoms with van der Waals surface area (Å²) in [5.74, 6) is -0.382. The van der Waals surface area contributed by atoms with Crippen LogP contribution in [0.2, 0.25) is 0 Å². The van der Waals surface area contributed by atoms with Crippen molar-refractivity contribution in [2.75, 3.05) is 17.1 Å². The Hall–Kier alpha value is -3.65. The van der Waals surface area contributed by atoms with Crippen molar-refractivity contribution in [1.82, 2.24) is 10.2 Å². The van der Waals surface area contributed by atoms with Crippen molar-refractivity contribution in [3.05, 3.63) is 101 Å². The van der Waals surface area contributed by atoms with Gasteiger partial charge in [0.1, 0.15) is 6.04 Å². The second-order valence-electron chi connectivity index (χ2n) is 11.2. The third-order valence-electron chi connectivity index (χ3n) is 7.64. The molecule has 0 aromatic heterocycles. The van der Waals surface area contributed by atoms with Gasteiger partial charge in [-0.2, -0.15) is 0 Å². The SMILES string of the molecule is CC[C@@H](C)NC(=O)[C@H](Cc1ccccc1)N(Cc1cccc(C)c1)C(=O)CCCN(c1ccc(C)c(C)c1)S(C)(=O)=O. The van der Waals surface area contributed by atoms with Gasteiger partial charge in [0.25, 0.3) is 0 Å². The van der Waals surface area contributed by atoms with E-state index in [1.165, 1.54) is 10.6 Å². The zero-order valence-electron chi connectivity index (χ0n) is 25.8. The molecule has 3 rings (SSSR count). The number of aryl methyl sites for hydroxylation is 3. The third-order valence-corrected chi connectivity index (χ3v) is 8.83. The second-order valence-corrected chi connectivity index (χ2v) is 13.1. The summed E-state index contributed by atoms with van der Waals surface area (Å²) in [7, 11) is -3.56. The molecule has 0 aliphatic heterocycles. The molecule has 7 nitrogen and oxygen atoms in total. The number of carbonyl (C=O) groups is 2. The first-order chi connectivity index (χ1) is 19.9. The summed E-state index contributed by atoms with van der Waals surface area (Å²) < 4.78 is 26.8. The van der Waals surface area contributed by atoms with Crippen molar-refractivity contribution in [2.45, 2.75) is 78.9 Å². The summed E-state index contributed by atoms with van der Waals surface area (Å²) in [6.07, 6.45) is 2.75. The van der Waals surface area contributed by atoms with Gasteiger partial charge in [-0.05, 0) is 74.9 Å². The molecule has 0 bridgehead atoms. The van der Waals surface area contributed by atoms with Crippen LogP contribution in [-0.2, 0) is 32.6 Å². The van der Waals surface area contributed by atoms with E-state index < -0.39 is 16.1 Å². The van der Waals surface area contributed by atoms with Crippen LogP contribution in [-0.4, -0.2) is 50.0 Å². The van der Waals surface area contributed by atoms with Gasteiger partial charge in [-0.15, -0.1) is 0 Å². The van der Waals surface area contributed by atoms with E-state index in [0.717, 1.165) is 34.2 Å². The lowest BCUT2D eigenvalue weighted by molar-refractivity contribution is -0.141. The average Bonchev–Trinajstić information content (AvgIpc) is 2.94. The molecular formula is C34H45N3O4S. The minimum atomic E-state index is -3.56. The normalized spacial score (nSPS) is 12.8. The molecule has 2 amide bonds. The molecule has 0 saturated carbocycles. The van der Waals surface area contributed by atoms with Crippen molar-refractivity contribution in [3.63, 3.8) is 0 Å². The lowest BCUT2D eigenvalue weighted by atomic mass is 10.0. The van der Waals surface area contributed by atoms with Gasteiger partial charge in [0.2, 0.25) is 21.8 Å². The molecule has 3 aromatic carbocycles. The molecule has 8 heteroatoms. The van der Waals surface area contributed by atoms with Gasteiger partial charge in [0, 0.05) is 32.0 Å². The first-order valence-corrected chi connectivity index (χ1v) is 16.5. The number of hydrogen-bond acceptors (Lipinski definition) is 4. The maximum Gasteiger partial charge on any atom is 0.243 e. The summed E-state index contributed by atoms with van der Waals surface area (Å²) in [6, 6.07) is 22.5. The fraction of sp³-hybridized carbons (Fsp3) is 0.412. The molecule has 42 heavy (non-hydrogen) atoms. The Morgan fingerprint density at radius 3 is 2.19 bits per heavy atom. The number of nitrogens with one attached hydrogen (secondary N) is 1. The standard InChI is InChI=1S/C34H45N3O4S/c1-7-28(5)35-34(39)32(23-29-14-9-8-10-15-29)36(24-30-16-11-13-25(2)21-30)33(38)17-12-20-37(42(6,40)41)31-19-18-26(3)27(4)22-31/h8-11,13-16,18-19,21-22,28,32H,7,12,17,20,23-24H2,1-6H3,(H,35,39)/t28-,32+/m1/s1. The highest BCUT2D eigenvalue weighted by molar-refractivity contribution is 7.92. The summed E-state index contributed by atoms with van der Waals surface area (Å²) in [4.78, 5) is 29.3. The van der Waals surface area contributed by atoms with Gasteiger partial charge in [-0.3, -0.25) is 13.9 Å². The molecule has 0 heterocycles. The third kappa shape index (κ3) is 9.44.